The largest absolute Gasteiger partial charge is 0.459 e. The molecule has 2 N–H and O–H groups in total. The lowest BCUT2D eigenvalue weighted by atomic mass is 10.2. The Morgan fingerprint density at radius 2 is 2.21 bits per heavy atom. The molecule has 0 saturated carbocycles. The fourth-order valence-corrected chi connectivity index (χ4v) is 4.58. The molecule has 0 bridgehead atoms. The first kappa shape index (κ1) is 19.2. The third-order valence-corrected chi connectivity index (χ3v) is 6.08. The molecule has 0 aliphatic carbocycles. The van der Waals surface area contributed by atoms with Crippen LogP contribution in [0.1, 0.15) is 36.4 Å². The van der Waals surface area contributed by atoms with Crippen LogP contribution in [-0.2, 0) is 16.1 Å². The van der Waals surface area contributed by atoms with Crippen LogP contribution in [0, 0.1) is 0 Å². The molecule has 3 atom stereocenters. The van der Waals surface area contributed by atoms with Crippen molar-refractivity contribution in [3.05, 3.63) is 58.5 Å². The first-order valence-corrected chi connectivity index (χ1v) is 10.8. The Morgan fingerprint density at radius 3 is 2.96 bits per heavy atom. The number of hydrogen-bond donors (Lipinski definition) is 2. The van der Waals surface area contributed by atoms with Gasteiger partial charge < -0.3 is 19.4 Å². The van der Waals surface area contributed by atoms with Crippen LogP contribution >= 0.6 is 11.3 Å². The molecule has 28 heavy (non-hydrogen) atoms. The number of carbonyl (C=O) groups is 1. The molecule has 1 aliphatic rings. The van der Waals surface area contributed by atoms with E-state index in [1.54, 1.807) is 11.3 Å². The van der Waals surface area contributed by atoms with Gasteiger partial charge in [-0.15, -0.1) is 11.3 Å². The fourth-order valence-electron chi connectivity index (χ4n) is 3.80. The van der Waals surface area contributed by atoms with Gasteiger partial charge >= 0.3 is 0 Å². The van der Waals surface area contributed by atoms with Crippen LogP contribution in [0.25, 0.3) is 11.0 Å². The van der Waals surface area contributed by atoms with Crippen LogP contribution in [-0.4, -0.2) is 31.7 Å². The van der Waals surface area contributed by atoms with E-state index in [-0.39, 0.29) is 18.1 Å². The molecule has 2 aromatic heterocycles. The minimum absolute atomic E-state index is 0.0394. The number of hydrogen-bond acceptors (Lipinski definition) is 4. The molecule has 5 nitrogen and oxygen atoms in total. The normalized spacial score (nSPS) is 19.0. The molecule has 148 valence electrons. The lowest BCUT2D eigenvalue weighted by Gasteiger charge is -2.22. The van der Waals surface area contributed by atoms with Gasteiger partial charge in [0.1, 0.15) is 30.5 Å². The Bertz CT molecular complexity index is 867. The highest BCUT2D eigenvalue weighted by atomic mass is 32.1. The first-order valence-electron chi connectivity index (χ1n) is 9.93. The second kappa shape index (κ2) is 8.90. The number of rotatable bonds is 8. The molecule has 1 saturated heterocycles. The van der Waals surface area contributed by atoms with Crippen molar-refractivity contribution in [3.63, 3.8) is 0 Å². The minimum atomic E-state index is -0.161. The summed E-state index contributed by atoms with van der Waals surface area (Å²) in [5.74, 6) is 0.825. The van der Waals surface area contributed by atoms with Crippen molar-refractivity contribution in [2.24, 2.45) is 0 Å². The molecule has 3 heterocycles. The molecule has 1 aliphatic heterocycles. The average Bonchev–Trinajstić information content (AvgIpc) is 3.43. The second-order valence-corrected chi connectivity index (χ2v) is 8.53. The van der Waals surface area contributed by atoms with Crippen molar-refractivity contribution in [1.29, 1.82) is 0 Å². The molecule has 3 aromatic rings. The fraction of sp³-hybridized carbons (Fsp3) is 0.409. The summed E-state index contributed by atoms with van der Waals surface area (Å²) >= 11 is 1.74. The van der Waals surface area contributed by atoms with Gasteiger partial charge in [0.05, 0.1) is 10.9 Å². The van der Waals surface area contributed by atoms with Crippen molar-refractivity contribution < 1.29 is 18.8 Å². The SMILES string of the molecule is C[C@H](NC(=O)C[NH+](Cc1cccs1)C[C@@H]1CCCO1)c1cc2ccccc2o1. The smallest absolute Gasteiger partial charge is 0.275 e. The number of furan rings is 1. The van der Waals surface area contributed by atoms with E-state index in [1.165, 1.54) is 9.78 Å². The van der Waals surface area contributed by atoms with Crippen molar-refractivity contribution in [2.45, 2.75) is 38.5 Å². The van der Waals surface area contributed by atoms with Crippen LogP contribution in [0.4, 0.5) is 0 Å². The quantitative estimate of drug-likeness (QED) is 0.612. The molecule has 1 unspecified atom stereocenters. The Morgan fingerprint density at radius 1 is 1.32 bits per heavy atom. The Labute approximate surface area is 169 Å². The van der Waals surface area contributed by atoms with E-state index >= 15 is 0 Å². The summed E-state index contributed by atoms with van der Waals surface area (Å²) in [5.41, 5.74) is 0.849. The second-order valence-electron chi connectivity index (χ2n) is 7.50. The summed E-state index contributed by atoms with van der Waals surface area (Å²) in [6.45, 7) is 4.96. The third kappa shape index (κ3) is 4.82. The monoisotopic (exact) mass is 399 g/mol. The number of quaternary nitrogens is 1. The highest BCUT2D eigenvalue weighted by Gasteiger charge is 2.25. The highest BCUT2D eigenvalue weighted by molar-refractivity contribution is 7.09. The van der Waals surface area contributed by atoms with Gasteiger partial charge in [0.25, 0.3) is 5.91 Å². The van der Waals surface area contributed by atoms with Crippen molar-refractivity contribution >= 4 is 28.2 Å². The maximum Gasteiger partial charge on any atom is 0.275 e. The zero-order valence-electron chi connectivity index (χ0n) is 16.1. The number of amides is 1. The lowest BCUT2D eigenvalue weighted by Crippen LogP contribution is -3.13. The highest BCUT2D eigenvalue weighted by Crippen LogP contribution is 2.23. The third-order valence-electron chi connectivity index (χ3n) is 5.20. The topological polar surface area (TPSA) is 55.9 Å². The molecule has 4 rings (SSSR count). The predicted octanol–water partition coefficient (Wildman–Crippen LogP) is 2.94. The van der Waals surface area contributed by atoms with Gasteiger partial charge in [-0.1, -0.05) is 24.3 Å². The van der Waals surface area contributed by atoms with Gasteiger partial charge in [-0.05, 0) is 43.3 Å². The number of para-hydroxylation sites is 1. The van der Waals surface area contributed by atoms with E-state index in [0.29, 0.717) is 6.54 Å². The summed E-state index contributed by atoms with van der Waals surface area (Å²) in [7, 11) is 0. The van der Waals surface area contributed by atoms with Gasteiger partial charge in [0, 0.05) is 12.0 Å². The Hall–Kier alpha value is -2.15. The Balaban J connectivity index is 1.38. The summed E-state index contributed by atoms with van der Waals surface area (Å²) < 4.78 is 11.7. The number of thiophene rings is 1. The van der Waals surface area contributed by atoms with Crippen LogP contribution in [0.5, 0.6) is 0 Å². The summed E-state index contributed by atoms with van der Waals surface area (Å²) in [6.07, 6.45) is 2.47. The Kier molecular flexibility index (Phi) is 6.10. The van der Waals surface area contributed by atoms with Gasteiger partial charge in [-0.3, -0.25) is 4.79 Å². The van der Waals surface area contributed by atoms with Crippen LogP contribution in [0.15, 0.2) is 52.3 Å². The van der Waals surface area contributed by atoms with E-state index in [0.717, 1.165) is 49.3 Å². The van der Waals surface area contributed by atoms with E-state index in [1.807, 2.05) is 37.3 Å². The number of carbonyl (C=O) groups excluding carboxylic acids is 1. The lowest BCUT2D eigenvalue weighted by molar-refractivity contribution is -0.908. The molecule has 0 radical (unpaired) electrons. The van der Waals surface area contributed by atoms with Crippen molar-refractivity contribution in [3.8, 4) is 0 Å². The van der Waals surface area contributed by atoms with Crippen LogP contribution in [0.3, 0.4) is 0 Å². The zero-order chi connectivity index (χ0) is 19.3. The van der Waals surface area contributed by atoms with Gasteiger partial charge in [0.2, 0.25) is 0 Å². The maximum atomic E-state index is 12.7. The molecule has 1 fully saturated rings. The van der Waals surface area contributed by atoms with E-state index in [9.17, 15) is 4.79 Å². The molecule has 0 spiro atoms. The standard InChI is InChI=1S/C22H26N2O3S/c1-16(21-12-17-6-2-3-9-20(17)27-21)23-22(25)15-24(13-18-7-4-10-26-18)14-19-8-5-11-28-19/h2-3,5-6,8-9,11-12,16,18H,4,7,10,13-15H2,1H3,(H,23,25)/p+1/t16-,18-/m0/s1. The first-order chi connectivity index (χ1) is 13.7. The molecule has 1 amide bonds. The van der Waals surface area contributed by atoms with E-state index in [4.69, 9.17) is 9.15 Å². The zero-order valence-corrected chi connectivity index (χ0v) is 17.0. The maximum absolute atomic E-state index is 12.7. The number of fused-ring (bicyclic) bond motifs is 1. The number of nitrogens with one attached hydrogen (secondary N) is 2. The number of ether oxygens (including phenoxy) is 1. The molecular weight excluding hydrogens is 372 g/mol. The molecule has 6 heteroatoms. The summed E-state index contributed by atoms with van der Waals surface area (Å²) in [5, 5.41) is 6.24. The van der Waals surface area contributed by atoms with Gasteiger partial charge in [-0.2, -0.15) is 0 Å². The van der Waals surface area contributed by atoms with Crippen LogP contribution in [0.2, 0.25) is 0 Å². The van der Waals surface area contributed by atoms with Crippen LogP contribution < -0.4 is 10.2 Å². The predicted molar refractivity (Wildman–Crippen MR) is 110 cm³/mol. The minimum Gasteiger partial charge on any atom is -0.459 e. The van der Waals surface area contributed by atoms with E-state index in [2.05, 4.69) is 22.8 Å². The van der Waals surface area contributed by atoms with E-state index < -0.39 is 0 Å². The molecular formula is C22H27N2O3S+. The summed E-state index contributed by atoms with van der Waals surface area (Å²) in [6, 6.07) is 13.9. The van der Waals surface area contributed by atoms with Crippen molar-refractivity contribution in [2.75, 3.05) is 19.7 Å². The molecule has 1 aromatic carbocycles. The van der Waals surface area contributed by atoms with Crippen molar-refractivity contribution in [1.82, 2.24) is 5.32 Å². The van der Waals surface area contributed by atoms with Gasteiger partial charge in [-0.25, -0.2) is 0 Å². The average molecular weight is 400 g/mol. The summed E-state index contributed by atoms with van der Waals surface area (Å²) in [4.78, 5) is 15.3. The number of benzene rings is 1. The van der Waals surface area contributed by atoms with Gasteiger partial charge in [0.15, 0.2) is 6.54 Å².